The second-order valence-corrected chi connectivity index (χ2v) is 4.86. The van der Waals surface area contributed by atoms with Crippen LogP contribution in [0.2, 0.25) is 0 Å². The summed E-state index contributed by atoms with van der Waals surface area (Å²) >= 11 is 0. The van der Waals surface area contributed by atoms with Gasteiger partial charge in [0.1, 0.15) is 0 Å². The van der Waals surface area contributed by atoms with Crippen LogP contribution in [0.1, 0.15) is 81.1 Å². The van der Waals surface area contributed by atoms with Gasteiger partial charge in [-0.1, -0.05) is 74.2 Å². The first-order valence-electron chi connectivity index (χ1n) is 8.84. The van der Waals surface area contributed by atoms with Gasteiger partial charge in [0.2, 0.25) is 6.41 Å². The van der Waals surface area contributed by atoms with Crippen molar-refractivity contribution in [1.29, 1.82) is 0 Å². The number of piperidine rings is 1. The lowest BCUT2D eigenvalue weighted by Crippen LogP contribution is -2.31. The fourth-order valence-corrected chi connectivity index (χ4v) is 1.43. The van der Waals surface area contributed by atoms with E-state index in [1.165, 1.54) is 12.8 Å². The number of unbranched alkanes of at least 4 members (excludes halogenated alkanes) is 1. The Morgan fingerprint density at radius 1 is 1.05 bits per heavy atom. The first kappa shape index (κ1) is 25.0. The van der Waals surface area contributed by atoms with E-state index in [4.69, 9.17) is 0 Å². The van der Waals surface area contributed by atoms with E-state index in [0.29, 0.717) is 11.8 Å². The fraction of sp³-hybridized carbons (Fsp3) is 0.842. The normalized spacial score (nSPS) is 13.3. The van der Waals surface area contributed by atoms with Crippen molar-refractivity contribution in [3.63, 3.8) is 0 Å². The second kappa shape index (κ2) is 21.3. The molecule has 0 aromatic carbocycles. The van der Waals surface area contributed by atoms with Gasteiger partial charge in [-0.3, -0.25) is 4.79 Å². The topological polar surface area (TPSA) is 20.3 Å². The first-order valence-corrected chi connectivity index (χ1v) is 8.84. The van der Waals surface area contributed by atoms with E-state index in [-0.39, 0.29) is 0 Å². The molecule has 1 aliphatic heterocycles. The summed E-state index contributed by atoms with van der Waals surface area (Å²) in [6, 6.07) is 0. The molecule has 2 heteroatoms. The number of amides is 1. The highest BCUT2D eigenvalue weighted by molar-refractivity contribution is 5.47. The standard InChI is InChI=1S/C11H17NO.C4H10.2C2H6/c1-10(2)3-4-11-5-7-12(9-13)8-6-11;1-3-4-2;2*1-2/h9-11H,5-8H2,1-2H3;3-4H2,1-2H3;2*1-2H3. The maximum Gasteiger partial charge on any atom is 0.209 e. The van der Waals surface area contributed by atoms with Gasteiger partial charge < -0.3 is 4.90 Å². The van der Waals surface area contributed by atoms with E-state index in [9.17, 15) is 4.79 Å². The third kappa shape index (κ3) is 19.0. The zero-order valence-corrected chi connectivity index (χ0v) is 15.8. The fourth-order valence-electron chi connectivity index (χ4n) is 1.43. The molecule has 0 aromatic heterocycles. The second-order valence-electron chi connectivity index (χ2n) is 4.86. The van der Waals surface area contributed by atoms with Crippen LogP contribution in [0.3, 0.4) is 0 Å². The number of hydrogen-bond donors (Lipinski definition) is 0. The lowest BCUT2D eigenvalue weighted by atomic mass is 9.97. The van der Waals surface area contributed by atoms with Crippen molar-refractivity contribution < 1.29 is 4.79 Å². The minimum Gasteiger partial charge on any atom is -0.345 e. The largest absolute Gasteiger partial charge is 0.345 e. The van der Waals surface area contributed by atoms with Crippen LogP contribution in [0, 0.1) is 23.7 Å². The average molecular weight is 298 g/mol. The SMILES string of the molecule is CC.CC.CC(C)C#CC1CCN(C=O)CC1.CCCC. The number of hydrogen-bond acceptors (Lipinski definition) is 1. The lowest BCUT2D eigenvalue weighted by molar-refractivity contribution is -0.119. The quantitative estimate of drug-likeness (QED) is 0.495. The Kier molecular flexibility index (Phi) is 25.4. The van der Waals surface area contributed by atoms with Crippen molar-refractivity contribution in [3.05, 3.63) is 0 Å². The van der Waals surface area contributed by atoms with Crippen molar-refractivity contribution in [2.24, 2.45) is 11.8 Å². The predicted molar refractivity (Wildman–Crippen MR) is 96.3 cm³/mol. The van der Waals surface area contributed by atoms with Gasteiger partial charge in [-0.15, -0.1) is 5.92 Å². The average Bonchev–Trinajstić information content (AvgIpc) is 2.57. The summed E-state index contributed by atoms with van der Waals surface area (Å²) in [7, 11) is 0. The monoisotopic (exact) mass is 297 g/mol. The molecule has 1 amide bonds. The maximum atomic E-state index is 10.4. The van der Waals surface area contributed by atoms with Crippen LogP contribution in [0.5, 0.6) is 0 Å². The Balaban J connectivity index is -0.000000343. The number of carbonyl (C=O) groups is 1. The summed E-state index contributed by atoms with van der Waals surface area (Å²) in [5, 5.41) is 0. The molecule has 1 fully saturated rings. The van der Waals surface area contributed by atoms with Crippen LogP contribution in [-0.4, -0.2) is 24.4 Å². The molecule has 2 nitrogen and oxygen atoms in total. The molecule has 1 aliphatic rings. The summed E-state index contributed by atoms with van der Waals surface area (Å²) in [5.74, 6) is 7.44. The lowest BCUT2D eigenvalue weighted by Gasteiger charge is -2.26. The highest BCUT2D eigenvalue weighted by Gasteiger charge is 2.15. The molecule has 0 aliphatic carbocycles. The number of likely N-dealkylation sites (tertiary alicyclic amines) is 1. The molecule has 1 heterocycles. The van der Waals surface area contributed by atoms with Gasteiger partial charge in [0.25, 0.3) is 0 Å². The van der Waals surface area contributed by atoms with E-state index < -0.39 is 0 Å². The van der Waals surface area contributed by atoms with E-state index in [0.717, 1.165) is 32.3 Å². The molecule has 0 N–H and O–H groups in total. The van der Waals surface area contributed by atoms with E-state index in [2.05, 4.69) is 39.5 Å². The molecule has 1 saturated heterocycles. The Morgan fingerprint density at radius 3 is 1.76 bits per heavy atom. The first-order chi connectivity index (χ1) is 10.1. The third-order valence-corrected chi connectivity index (χ3v) is 2.75. The summed E-state index contributed by atoms with van der Waals surface area (Å²) in [5.41, 5.74) is 0. The van der Waals surface area contributed by atoms with E-state index in [1.807, 2.05) is 32.6 Å². The van der Waals surface area contributed by atoms with Crippen molar-refractivity contribution >= 4 is 6.41 Å². The molecule has 1 rings (SSSR count). The van der Waals surface area contributed by atoms with Gasteiger partial charge in [0.05, 0.1) is 0 Å². The zero-order valence-electron chi connectivity index (χ0n) is 15.8. The number of nitrogens with zero attached hydrogens (tertiary/aromatic N) is 1. The molecular formula is C19H39NO. The molecule has 0 unspecified atom stereocenters. The Bertz CT molecular complexity index is 240. The zero-order chi connectivity index (χ0) is 17.1. The van der Waals surface area contributed by atoms with Crippen molar-refractivity contribution in [2.75, 3.05) is 13.1 Å². The van der Waals surface area contributed by atoms with E-state index >= 15 is 0 Å². The molecule has 21 heavy (non-hydrogen) atoms. The predicted octanol–water partition coefficient (Wildman–Crippen LogP) is 5.37. The van der Waals surface area contributed by atoms with Crippen molar-refractivity contribution in [2.45, 2.75) is 81.1 Å². The van der Waals surface area contributed by atoms with Gasteiger partial charge in [0, 0.05) is 24.9 Å². The summed E-state index contributed by atoms with van der Waals surface area (Å²) in [6.45, 7) is 18.3. The van der Waals surface area contributed by atoms with Crippen LogP contribution < -0.4 is 0 Å². The summed E-state index contributed by atoms with van der Waals surface area (Å²) in [4.78, 5) is 12.2. The molecule has 0 saturated carbocycles. The minimum absolute atomic E-state index is 0.462. The smallest absolute Gasteiger partial charge is 0.209 e. The van der Waals surface area contributed by atoms with Crippen LogP contribution in [-0.2, 0) is 4.79 Å². The van der Waals surface area contributed by atoms with Gasteiger partial charge in [-0.05, 0) is 12.8 Å². The van der Waals surface area contributed by atoms with Crippen LogP contribution in [0.15, 0.2) is 0 Å². The van der Waals surface area contributed by atoms with Gasteiger partial charge >= 0.3 is 0 Å². The highest BCUT2D eigenvalue weighted by atomic mass is 16.1. The van der Waals surface area contributed by atoms with Crippen molar-refractivity contribution in [1.82, 2.24) is 4.90 Å². The maximum absolute atomic E-state index is 10.4. The Morgan fingerprint density at radius 2 is 1.48 bits per heavy atom. The van der Waals surface area contributed by atoms with Gasteiger partial charge in [-0.2, -0.15) is 0 Å². The van der Waals surface area contributed by atoms with E-state index in [1.54, 1.807) is 0 Å². The minimum atomic E-state index is 0.462. The molecule has 0 bridgehead atoms. The van der Waals surface area contributed by atoms with Crippen LogP contribution in [0.4, 0.5) is 0 Å². The molecule has 0 radical (unpaired) electrons. The summed E-state index contributed by atoms with van der Waals surface area (Å²) in [6.07, 6.45) is 5.66. The Labute approximate surface area is 134 Å². The van der Waals surface area contributed by atoms with Crippen LogP contribution >= 0.6 is 0 Å². The molecule has 0 aromatic rings. The molecule has 126 valence electrons. The molecule has 0 spiro atoms. The summed E-state index contributed by atoms with van der Waals surface area (Å²) < 4.78 is 0. The molecule has 0 atom stereocenters. The van der Waals surface area contributed by atoms with Gasteiger partial charge in [0.15, 0.2) is 0 Å². The van der Waals surface area contributed by atoms with Crippen molar-refractivity contribution in [3.8, 4) is 11.8 Å². The molecular weight excluding hydrogens is 258 g/mol. The van der Waals surface area contributed by atoms with Crippen LogP contribution in [0.25, 0.3) is 0 Å². The Hall–Kier alpha value is -0.970. The number of rotatable bonds is 2. The third-order valence-electron chi connectivity index (χ3n) is 2.75. The van der Waals surface area contributed by atoms with Gasteiger partial charge in [-0.25, -0.2) is 0 Å². The highest BCUT2D eigenvalue weighted by Crippen LogP contribution is 2.14. The number of carbonyl (C=O) groups excluding carboxylic acids is 1.